The highest BCUT2D eigenvalue weighted by molar-refractivity contribution is 5.37. The van der Waals surface area contributed by atoms with Gasteiger partial charge in [-0.05, 0) is 61.4 Å². The van der Waals surface area contributed by atoms with Crippen LogP contribution in [0.2, 0.25) is 0 Å². The molecule has 20 heavy (non-hydrogen) atoms. The molecule has 1 aliphatic carbocycles. The molecule has 1 aromatic carbocycles. The van der Waals surface area contributed by atoms with Crippen LogP contribution in [0.4, 0.5) is 0 Å². The van der Waals surface area contributed by atoms with Gasteiger partial charge in [-0.3, -0.25) is 0 Å². The molecular formula is C18H26N2. The van der Waals surface area contributed by atoms with Crippen molar-refractivity contribution < 1.29 is 0 Å². The van der Waals surface area contributed by atoms with Gasteiger partial charge in [-0.15, -0.1) is 0 Å². The molecule has 1 fully saturated rings. The van der Waals surface area contributed by atoms with Gasteiger partial charge in [-0.2, -0.15) is 5.26 Å². The first-order valence-corrected chi connectivity index (χ1v) is 7.93. The SMILES string of the molecule is CCC1CCC(CNCc2ccc(C#N)cc2C)CC1. The maximum atomic E-state index is 8.88. The van der Waals surface area contributed by atoms with Gasteiger partial charge < -0.3 is 5.32 Å². The van der Waals surface area contributed by atoms with Crippen LogP contribution in [0.1, 0.15) is 55.7 Å². The second-order valence-corrected chi connectivity index (χ2v) is 6.18. The van der Waals surface area contributed by atoms with Crippen molar-refractivity contribution in [3.05, 3.63) is 34.9 Å². The number of rotatable bonds is 5. The molecule has 0 aromatic heterocycles. The zero-order valence-electron chi connectivity index (χ0n) is 12.8. The van der Waals surface area contributed by atoms with E-state index in [0.29, 0.717) is 0 Å². The quantitative estimate of drug-likeness (QED) is 0.871. The van der Waals surface area contributed by atoms with Gasteiger partial charge in [0.15, 0.2) is 0 Å². The molecule has 2 heteroatoms. The number of benzene rings is 1. The lowest BCUT2D eigenvalue weighted by molar-refractivity contribution is 0.262. The topological polar surface area (TPSA) is 35.8 Å². The van der Waals surface area contributed by atoms with E-state index < -0.39 is 0 Å². The van der Waals surface area contributed by atoms with E-state index in [2.05, 4.69) is 31.3 Å². The summed E-state index contributed by atoms with van der Waals surface area (Å²) >= 11 is 0. The molecular weight excluding hydrogens is 244 g/mol. The monoisotopic (exact) mass is 270 g/mol. The normalized spacial score (nSPS) is 22.4. The first-order chi connectivity index (χ1) is 9.72. The Bertz CT molecular complexity index is 465. The van der Waals surface area contributed by atoms with Crippen LogP contribution < -0.4 is 5.32 Å². The molecule has 0 amide bonds. The third-order valence-electron chi connectivity index (χ3n) is 4.76. The van der Waals surface area contributed by atoms with Crippen LogP contribution in [-0.4, -0.2) is 6.54 Å². The van der Waals surface area contributed by atoms with Crippen LogP contribution in [0.25, 0.3) is 0 Å². The summed E-state index contributed by atoms with van der Waals surface area (Å²) in [5, 5.41) is 12.5. The standard InChI is InChI=1S/C18H26N2/c1-3-15-4-6-16(7-5-15)12-20-13-18-9-8-17(11-19)10-14(18)2/h8-10,15-16,20H,3-7,12-13H2,1-2H3. The fraction of sp³-hybridized carbons (Fsp3) is 0.611. The largest absolute Gasteiger partial charge is 0.312 e. The van der Waals surface area contributed by atoms with Crippen molar-refractivity contribution in [2.75, 3.05) is 6.54 Å². The molecule has 0 saturated heterocycles. The molecule has 0 spiro atoms. The highest BCUT2D eigenvalue weighted by Gasteiger charge is 2.19. The van der Waals surface area contributed by atoms with Crippen LogP contribution in [0, 0.1) is 30.1 Å². The summed E-state index contributed by atoms with van der Waals surface area (Å²) in [7, 11) is 0. The highest BCUT2D eigenvalue weighted by Crippen LogP contribution is 2.30. The summed E-state index contributed by atoms with van der Waals surface area (Å²) in [6.07, 6.45) is 6.96. The van der Waals surface area contributed by atoms with Crippen molar-refractivity contribution in [3.63, 3.8) is 0 Å². The van der Waals surface area contributed by atoms with Crippen LogP contribution in [0.5, 0.6) is 0 Å². The van der Waals surface area contributed by atoms with Gasteiger partial charge in [0.05, 0.1) is 11.6 Å². The van der Waals surface area contributed by atoms with Crippen LogP contribution in [-0.2, 0) is 6.54 Å². The van der Waals surface area contributed by atoms with Gasteiger partial charge in [0, 0.05) is 6.54 Å². The van der Waals surface area contributed by atoms with Gasteiger partial charge in [-0.1, -0.05) is 32.3 Å². The summed E-state index contributed by atoms with van der Waals surface area (Å²) < 4.78 is 0. The number of hydrogen-bond donors (Lipinski definition) is 1. The molecule has 0 atom stereocenters. The van der Waals surface area contributed by atoms with Gasteiger partial charge in [-0.25, -0.2) is 0 Å². The smallest absolute Gasteiger partial charge is 0.0991 e. The second-order valence-electron chi connectivity index (χ2n) is 6.18. The van der Waals surface area contributed by atoms with Gasteiger partial charge in [0.2, 0.25) is 0 Å². The van der Waals surface area contributed by atoms with E-state index in [4.69, 9.17) is 5.26 Å². The zero-order valence-corrected chi connectivity index (χ0v) is 12.8. The lowest BCUT2D eigenvalue weighted by Gasteiger charge is -2.28. The summed E-state index contributed by atoms with van der Waals surface area (Å²) in [6, 6.07) is 8.16. The van der Waals surface area contributed by atoms with Gasteiger partial charge in [0.1, 0.15) is 0 Å². The molecule has 0 radical (unpaired) electrons. The molecule has 108 valence electrons. The molecule has 0 aliphatic heterocycles. The fourth-order valence-corrected chi connectivity index (χ4v) is 3.22. The Morgan fingerprint density at radius 3 is 2.50 bits per heavy atom. The van der Waals surface area contributed by atoms with E-state index >= 15 is 0 Å². The van der Waals surface area contributed by atoms with Crippen molar-refractivity contribution >= 4 is 0 Å². The Kier molecular flexibility index (Phi) is 5.61. The van der Waals surface area contributed by atoms with Crippen LogP contribution in [0.3, 0.4) is 0 Å². The van der Waals surface area contributed by atoms with Crippen molar-refractivity contribution in [2.24, 2.45) is 11.8 Å². The first kappa shape index (κ1) is 15.1. The first-order valence-electron chi connectivity index (χ1n) is 7.93. The van der Waals surface area contributed by atoms with E-state index in [9.17, 15) is 0 Å². The number of nitriles is 1. The molecule has 1 aliphatic rings. The predicted octanol–water partition coefficient (Wildman–Crippen LogP) is 4.17. The predicted molar refractivity (Wildman–Crippen MR) is 83.3 cm³/mol. The maximum absolute atomic E-state index is 8.88. The van der Waals surface area contributed by atoms with Crippen molar-refractivity contribution in [2.45, 2.75) is 52.5 Å². The average Bonchev–Trinajstić information content (AvgIpc) is 2.49. The van der Waals surface area contributed by atoms with E-state index in [1.165, 1.54) is 43.2 Å². The molecule has 2 rings (SSSR count). The summed E-state index contributed by atoms with van der Waals surface area (Å²) in [5.74, 6) is 1.84. The third-order valence-corrected chi connectivity index (χ3v) is 4.76. The van der Waals surface area contributed by atoms with Gasteiger partial charge >= 0.3 is 0 Å². The Morgan fingerprint density at radius 1 is 1.20 bits per heavy atom. The van der Waals surface area contributed by atoms with Crippen molar-refractivity contribution in [1.29, 1.82) is 5.26 Å². The van der Waals surface area contributed by atoms with E-state index in [1.54, 1.807) is 0 Å². The van der Waals surface area contributed by atoms with E-state index in [0.717, 1.165) is 30.5 Å². The van der Waals surface area contributed by atoms with E-state index in [-0.39, 0.29) is 0 Å². The third kappa shape index (κ3) is 4.08. The summed E-state index contributed by atoms with van der Waals surface area (Å²) in [5.41, 5.74) is 3.28. The molecule has 0 unspecified atom stereocenters. The van der Waals surface area contributed by atoms with Crippen LogP contribution >= 0.6 is 0 Å². The Balaban J connectivity index is 1.75. The summed E-state index contributed by atoms with van der Waals surface area (Å²) in [6.45, 7) is 6.46. The molecule has 0 bridgehead atoms. The molecule has 0 heterocycles. The number of aryl methyl sites for hydroxylation is 1. The minimum Gasteiger partial charge on any atom is -0.312 e. The lowest BCUT2D eigenvalue weighted by Crippen LogP contribution is -2.26. The minimum atomic E-state index is 0.754. The Hall–Kier alpha value is -1.33. The second kappa shape index (κ2) is 7.45. The maximum Gasteiger partial charge on any atom is 0.0991 e. The van der Waals surface area contributed by atoms with Gasteiger partial charge in [0.25, 0.3) is 0 Å². The Labute approximate surface area is 123 Å². The zero-order chi connectivity index (χ0) is 14.4. The summed E-state index contributed by atoms with van der Waals surface area (Å²) in [4.78, 5) is 0. The van der Waals surface area contributed by atoms with Crippen LogP contribution in [0.15, 0.2) is 18.2 Å². The molecule has 1 saturated carbocycles. The highest BCUT2D eigenvalue weighted by atomic mass is 14.9. The number of nitrogens with one attached hydrogen (secondary N) is 1. The molecule has 1 N–H and O–H groups in total. The number of hydrogen-bond acceptors (Lipinski definition) is 2. The molecule has 1 aromatic rings. The average molecular weight is 270 g/mol. The molecule has 2 nitrogen and oxygen atoms in total. The van der Waals surface area contributed by atoms with Crippen molar-refractivity contribution in [1.82, 2.24) is 5.32 Å². The van der Waals surface area contributed by atoms with Crippen molar-refractivity contribution in [3.8, 4) is 6.07 Å². The fourth-order valence-electron chi connectivity index (χ4n) is 3.22. The lowest BCUT2D eigenvalue weighted by atomic mass is 9.81. The Morgan fingerprint density at radius 2 is 1.90 bits per heavy atom. The van der Waals surface area contributed by atoms with E-state index in [1.807, 2.05) is 12.1 Å². The minimum absolute atomic E-state index is 0.754. The number of nitrogens with zero attached hydrogens (tertiary/aromatic N) is 1.